The van der Waals surface area contributed by atoms with Gasteiger partial charge in [0.1, 0.15) is 5.82 Å². The Balaban J connectivity index is 1.78. The Morgan fingerprint density at radius 3 is 3.00 bits per heavy atom. The average Bonchev–Trinajstić information content (AvgIpc) is 3.16. The number of fused-ring (bicyclic) bond motifs is 1. The van der Waals surface area contributed by atoms with Crippen LogP contribution in [0, 0.1) is 12.8 Å². The Morgan fingerprint density at radius 1 is 1.42 bits per heavy atom. The van der Waals surface area contributed by atoms with Crippen LogP contribution in [0.4, 0.5) is 0 Å². The first kappa shape index (κ1) is 12.9. The van der Waals surface area contributed by atoms with Crippen LogP contribution in [-0.2, 0) is 17.2 Å². The minimum Gasteiger partial charge on any atom is -0.379 e. The second kappa shape index (κ2) is 5.51. The Hall–Kier alpha value is -1.06. The lowest BCUT2D eigenvalue weighted by atomic mass is 10.2. The molecule has 1 aromatic heterocycles. The van der Waals surface area contributed by atoms with E-state index in [1.165, 1.54) is 23.9 Å². The van der Waals surface area contributed by atoms with Crippen molar-refractivity contribution in [3.63, 3.8) is 0 Å². The molecule has 3 rings (SSSR count). The summed E-state index contributed by atoms with van der Waals surface area (Å²) >= 11 is 6.00. The summed E-state index contributed by atoms with van der Waals surface area (Å²) in [5.41, 5.74) is 3.45. The lowest BCUT2D eigenvalue weighted by Gasteiger charge is -2.09. The van der Waals surface area contributed by atoms with Crippen molar-refractivity contribution in [2.75, 3.05) is 13.2 Å². The number of hydrogen-bond donors (Lipinski definition) is 0. The van der Waals surface area contributed by atoms with E-state index in [9.17, 15) is 0 Å². The Bertz CT molecular complexity index is 575. The number of alkyl halides is 1. The third kappa shape index (κ3) is 2.77. The van der Waals surface area contributed by atoms with Crippen LogP contribution >= 0.6 is 11.6 Å². The second-order valence-corrected chi connectivity index (χ2v) is 5.54. The van der Waals surface area contributed by atoms with Gasteiger partial charge in [0, 0.05) is 13.2 Å². The molecule has 0 spiro atoms. The maximum atomic E-state index is 6.00. The number of imidazole rings is 1. The molecule has 1 aliphatic rings. The van der Waals surface area contributed by atoms with E-state index >= 15 is 0 Å². The number of hydrogen-bond acceptors (Lipinski definition) is 2. The second-order valence-electron chi connectivity index (χ2n) is 5.27. The predicted octanol–water partition coefficient (Wildman–Crippen LogP) is 3.51. The summed E-state index contributed by atoms with van der Waals surface area (Å²) < 4.78 is 7.93. The minimum atomic E-state index is 0.441. The van der Waals surface area contributed by atoms with Crippen LogP contribution < -0.4 is 0 Å². The van der Waals surface area contributed by atoms with Gasteiger partial charge in [-0.2, -0.15) is 0 Å². The molecule has 2 aromatic rings. The zero-order valence-electron chi connectivity index (χ0n) is 11.2. The minimum absolute atomic E-state index is 0.441. The van der Waals surface area contributed by atoms with Crippen molar-refractivity contribution < 1.29 is 4.74 Å². The number of para-hydroxylation sites is 1. The van der Waals surface area contributed by atoms with Gasteiger partial charge in [-0.05, 0) is 37.3 Å². The lowest BCUT2D eigenvalue weighted by Crippen LogP contribution is -2.10. The van der Waals surface area contributed by atoms with Gasteiger partial charge in [-0.25, -0.2) is 4.98 Å². The summed E-state index contributed by atoms with van der Waals surface area (Å²) in [5.74, 6) is 2.19. The first-order valence-corrected chi connectivity index (χ1v) is 7.41. The number of benzene rings is 1. The normalized spacial score (nSPS) is 15.3. The predicted molar refractivity (Wildman–Crippen MR) is 77.6 cm³/mol. The third-order valence-electron chi connectivity index (χ3n) is 3.68. The maximum absolute atomic E-state index is 6.00. The molecule has 0 saturated heterocycles. The van der Waals surface area contributed by atoms with Gasteiger partial charge in [0.15, 0.2) is 0 Å². The highest BCUT2D eigenvalue weighted by Gasteiger charge is 2.21. The number of halogens is 1. The van der Waals surface area contributed by atoms with Gasteiger partial charge in [0.25, 0.3) is 0 Å². The molecule has 0 amide bonds. The van der Waals surface area contributed by atoms with E-state index in [4.69, 9.17) is 16.3 Å². The third-order valence-corrected chi connectivity index (χ3v) is 3.92. The van der Waals surface area contributed by atoms with E-state index in [0.29, 0.717) is 5.88 Å². The Kier molecular flexibility index (Phi) is 3.76. The molecule has 0 unspecified atom stereocenters. The van der Waals surface area contributed by atoms with Crippen molar-refractivity contribution in [1.29, 1.82) is 0 Å². The molecular formula is C15H19ClN2O. The highest BCUT2D eigenvalue weighted by Crippen LogP contribution is 2.28. The molecule has 102 valence electrons. The van der Waals surface area contributed by atoms with Crippen molar-refractivity contribution in [3.8, 4) is 0 Å². The molecule has 19 heavy (non-hydrogen) atoms. The van der Waals surface area contributed by atoms with Crippen LogP contribution in [0.15, 0.2) is 18.2 Å². The van der Waals surface area contributed by atoms with Crippen molar-refractivity contribution >= 4 is 22.6 Å². The lowest BCUT2D eigenvalue weighted by molar-refractivity contribution is 0.117. The van der Waals surface area contributed by atoms with Crippen LogP contribution in [0.1, 0.15) is 24.2 Å². The number of ether oxygens (including phenoxy) is 1. The summed E-state index contributed by atoms with van der Waals surface area (Å²) in [6, 6.07) is 6.19. The zero-order chi connectivity index (χ0) is 13.2. The number of aryl methyl sites for hydroxylation is 1. The average molecular weight is 279 g/mol. The van der Waals surface area contributed by atoms with E-state index in [1.807, 2.05) is 12.1 Å². The van der Waals surface area contributed by atoms with E-state index in [2.05, 4.69) is 22.5 Å². The fourth-order valence-electron chi connectivity index (χ4n) is 2.45. The molecule has 1 aliphatic carbocycles. The molecule has 0 radical (unpaired) electrons. The van der Waals surface area contributed by atoms with E-state index in [0.717, 1.165) is 37.0 Å². The summed E-state index contributed by atoms with van der Waals surface area (Å²) in [7, 11) is 0. The molecule has 3 nitrogen and oxygen atoms in total. The van der Waals surface area contributed by atoms with Crippen LogP contribution in [0.2, 0.25) is 0 Å². The smallest absolute Gasteiger partial charge is 0.124 e. The summed E-state index contributed by atoms with van der Waals surface area (Å²) in [5, 5.41) is 0. The van der Waals surface area contributed by atoms with Crippen molar-refractivity contribution in [1.82, 2.24) is 9.55 Å². The highest BCUT2D eigenvalue weighted by atomic mass is 35.5. The van der Waals surface area contributed by atoms with Crippen LogP contribution in [-0.4, -0.2) is 22.8 Å². The first-order valence-electron chi connectivity index (χ1n) is 6.88. The zero-order valence-corrected chi connectivity index (χ0v) is 12.0. The Morgan fingerprint density at radius 2 is 2.26 bits per heavy atom. The van der Waals surface area contributed by atoms with E-state index in [-0.39, 0.29) is 0 Å². The molecule has 0 aliphatic heterocycles. The number of rotatable bonds is 6. The van der Waals surface area contributed by atoms with Gasteiger partial charge in [0.2, 0.25) is 0 Å². The van der Waals surface area contributed by atoms with Crippen molar-refractivity contribution in [2.45, 2.75) is 32.2 Å². The molecule has 0 N–H and O–H groups in total. The molecule has 1 heterocycles. The highest BCUT2D eigenvalue weighted by molar-refractivity contribution is 6.16. The molecule has 0 bridgehead atoms. The fraction of sp³-hybridized carbons (Fsp3) is 0.533. The molecule has 0 atom stereocenters. The van der Waals surface area contributed by atoms with Gasteiger partial charge in [-0.15, -0.1) is 11.6 Å². The van der Waals surface area contributed by atoms with Crippen LogP contribution in [0.25, 0.3) is 11.0 Å². The fourth-order valence-corrected chi connectivity index (χ4v) is 2.65. The van der Waals surface area contributed by atoms with Crippen LogP contribution in [0.5, 0.6) is 0 Å². The number of nitrogens with zero attached hydrogens (tertiary/aromatic N) is 2. The number of aromatic nitrogens is 2. The largest absolute Gasteiger partial charge is 0.379 e. The van der Waals surface area contributed by atoms with Gasteiger partial charge in [0.05, 0.1) is 23.5 Å². The summed E-state index contributed by atoms with van der Waals surface area (Å²) in [6.07, 6.45) is 2.67. The molecule has 4 heteroatoms. The van der Waals surface area contributed by atoms with Gasteiger partial charge in [-0.3, -0.25) is 0 Å². The summed E-state index contributed by atoms with van der Waals surface area (Å²) in [4.78, 5) is 4.59. The maximum Gasteiger partial charge on any atom is 0.124 e. The van der Waals surface area contributed by atoms with Gasteiger partial charge in [-0.1, -0.05) is 12.1 Å². The summed E-state index contributed by atoms with van der Waals surface area (Å²) in [6.45, 7) is 4.59. The van der Waals surface area contributed by atoms with Crippen molar-refractivity contribution in [2.24, 2.45) is 5.92 Å². The monoisotopic (exact) mass is 278 g/mol. The first-order chi connectivity index (χ1) is 9.29. The molecule has 1 fully saturated rings. The standard InChI is InChI=1S/C15H19ClN2O/c1-11-3-2-4-13-15(11)18(14(9-16)17-13)7-8-19-10-12-5-6-12/h2-4,12H,5-10H2,1H3. The van der Waals surface area contributed by atoms with Crippen LogP contribution in [0.3, 0.4) is 0 Å². The molecule has 1 saturated carbocycles. The van der Waals surface area contributed by atoms with E-state index in [1.54, 1.807) is 0 Å². The Labute approximate surface area is 118 Å². The topological polar surface area (TPSA) is 27.1 Å². The van der Waals surface area contributed by atoms with Crippen molar-refractivity contribution in [3.05, 3.63) is 29.6 Å². The quantitative estimate of drug-likeness (QED) is 0.597. The molecule has 1 aromatic carbocycles. The van der Waals surface area contributed by atoms with Gasteiger partial charge >= 0.3 is 0 Å². The molecular weight excluding hydrogens is 260 g/mol. The van der Waals surface area contributed by atoms with Gasteiger partial charge < -0.3 is 9.30 Å². The van der Waals surface area contributed by atoms with E-state index < -0.39 is 0 Å². The SMILES string of the molecule is Cc1cccc2nc(CCl)n(CCOCC3CC3)c12.